The number of fused-ring (bicyclic) bond motifs is 1. The van der Waals surface area contributed by atoms with Gasteiger partial charge in [-0.25, -0.2) is 14.9 Å². The fourth-order valence-electron chi connectivity index (χ4n) is 5.34. The minimum absolute atomic E-state index is 0.102. The molecular formula is C28H32FN5O4. The van der Waals surface area contributed by atoms with Gasteiger partial charge in [0.05, 0.1) is 16.8 Å². The number of amides is 2. The van der Waals surface area contributed by atoms with Crippen molar-refractivity contribution in [2.45, 2.75) is 19.4 Å². The van der Waals surface area contributed by atoms with Gasteiger partial charge in [-0.05, 0) is 49.7 Å². The number of ether oxygens (including phenoxy) is 1. The van der Waals surface area contributed by atoms with Crippen molar-refractivity contribution in [1.29, 1.82) is 0 Å². The third kappa shape index (κ3) is 5.01. The molecule has 1 saturated heterocycles. The van der Waals surface area contributed by atoms with Crippen LogP contribution in [0.25, 0.3) is 10.9 Å². The molecule has 1 aromatic heterocycles. The largest absolute Gasteiger partial charge is 0.486 e. The summed E-state index contributed by atoms with van der Waals surface area (Å²) in [4.78, 5) is 33.8. The lowest BCUT2D eigenvalue weighted by molar-refractivity contribution is -0.135. The molecule has 0 spiro atoms. The third-order valence-corrected chi connectivity index (χ3v) is 7.70. The number of hydrogen-bond acceptors (Lipinski definition) is 7. The van der Waals surface area contributed by atoms with Crippen molar-refractivity contribution < 1.29 is 23.9 Å². The summed E-state index contributed by atoms with van der Waals surface area (Å²) in [7, 11) is 3.60. The number of likely N-dealkylation sites (N-methyl/N-ethyl adjacent to an activating group) is 1. The smallest absolute Gasteiger partial charge is 0.247 e. The summed E-state index contributed by atoms with van der Waals surface area (Å²) in [6.07, 6.45) is 0.453. The highest BCUT2D eigenvalue weighted by Crippen LogP contribution is 2.55. The van der Waals surface area contributed by atoms with Crippen LogP contribution in [-0.4, -0.2) is 67.2 Å². The predicted molar refractivity (Wildman–Crippen MR) is 140 cm³/mol. The monoisotopic (exact) mass is 521 g/mol. The number of piperazine rings is 1. The molecule has 0 unspecified atom stereocenters. The number of nitrogens with one attached hydrogen (secondary N) is 2. The van der Waals surface area contributed by atoms with Crippen molar-refractivity contribution in [3.63, 3.8) is 0 Å². The van der Waals surface area contributed by atoms with Crippen molar-refractivity contribution >= 4 is 28.5 Å². The maximum absolute atomic E-state index is 15.1. The van der Waals surface area contributed by atoms with Crippen LogP contribution >= 0.6 is 0 Å². The molecule has 5 rings (SSSR count). The van der Waals surface area contributed by atoms with E-state index in [1.54, 1.807) is 17.6 Å². The van der Waals surface area contributed by atoms with Crippen LogP contribution in [0.15, 0.2) is 48.5 Å². The molecular weight excluding hydrogens is 489 g/mol. The average molecular weight is 522 g/mol. The van der Waals surface area contributed by atoms with E-state index in [0.29, 0.717) is 5.56 Å². The summed E-state index contributed by atoms with van der Waals surface area (Å²) in [6.45, 7) is 3.86. The van der Waals surface area contributed by atoms with E-state index in [1.165, 1.54) is 13.1 Å². The van der Waals surface area contributed by atoms with Crippen LogP contribution in [0.3, 0.4) is 0 Å². The molecule has 3 N–H and O–H groups in total. The van der Waals surface area contributed by atoms with E-state index in [-0.39, 0.29) is 31.1 Å². The Morgan fingerprint density at radius 2 is 1.92 bits per heavy atom. The quantitative estimate of drug-likeness (QED) is 0.309. The van der Waals surface area contributed by atoms with E-state index < -0.39 is 23.1 Å². The van der Waals surface area contributed by atoms with Crippen LogP contribution < -0.4 is 20.4 Å². The van der Waals surface area contributed by atoms with Gasteiger partial charge in [-0.3, -0.25) is 14.8 Å². The molecule has 2 aromatic carbocycles. The first-order valence-corrected chi connectivity index (χ1v) is 12.7. The van der Waals surface area contributed by atoms with Gasteiger partial charge >= 0.3 is 0 Å². The molecule has 0 radical (unpaired) electrons. The second kappa shape index (κ2) is 10.5. The SMILES string of the molecule is CNC(=O)[C@@]1(Cc2ccc(OCc3cc(N4CCN(C)CC4)nc4ccccc34)c(F)c2)C[C@@H]1C(=O)NO. The van der Waals surface area contributed by atoms with Crippen molar-refractivity contribution in [3.05, 3.63) is 65.5 Å². The maximum Gasteiger partial charge on any atom is 0.247 e. The Hall–Kier alpha value is -3.76. The molecule has 1 saturated carbocycles. The first-order valence-electron chi connectivity index (χ1n) is 12.7. The molecule has 2 amide bonds. The van der Waals surface area contributed by atoms with Gasteiger partial charge < -0.3 is 19.9 Å². The van der Waals surface area contributed by atoms with Crippen LogP contribution in [0.2, 0.25) is 0 Å². The molecule has 0 bridgehead atoms. The third-order valence-electron chi connectivity index (χ3n) is 7.70. The first kappa shape index (κ1) is 25.9. The van der Waals surface area contributed by atoms with E-state index in [4.69, 9.17) is 14.9 Å². The van der Waals surface area contributed by atoms with Gasteiger partial charge in [0.25, 0.3) is 0 Å². The predicted octanol–water partition coefficient (Wildman–Crippen LogP) is 2.50. The molecule has 3 aromatic rings. The van der Waals surface area contributed by atoms with Crippen LogP contribution in [-0.2, 0) is 22.6 Å². The Kier molecular flexibility index (Phi) is 7.18. The highest BCUT2D eigenvalue weighted by molar-refractivity contribution is 5.95. The number of carbonyl (C=O) groups is 2. The number of hydrogen-bond donors (Lipinski definition) is 3. The molecule has 2 atom stereocenters. The number of benzene rings is 2. The molecule has 10 heteroatoms. The summed E-state index contributed by atoms with van der Waals surface area (Å²) in [5.41, 5.74) is 2.96. The Labute approximate surface area is 220 Å². The summed E-state index contributed by atoms with van der Waals surface area (Å²) in [5, 5.41) is 12.5. The van der Waals surface area contributed by atoms with E-state index >= 15 is 4.39 Å². The summed E-state index contributed by atoms with van der Waals surface area (Å²) in [5.74, 6) is -1.15. The highest BCUT2D eigenvalue weighted by atomic mass is 19.1. The molecule has 2 aliphatic rings. The maximum atomic E-state index is 15.1. The van der Waals surface area contributed by atoms with Crippen LogP contribution in [0.5, 0.6) is 5.75 Å². The lowest BCUT2D eigenvalue weighted by atomic mass is 9.92. The molecule has 2 heterocycles. The lowest BCUT2D eigenvalue weighted by Gasteiger charge is -2.33. The Morgan fingerprint density at radius 1 is 1.16 bits per heavy atom. The second-order valence-corrected chi connectivity index (χ2v) is 10.1. The number of pyridine rings is 1. The number of hydroxylamine groups is 1. The number of rotatable bonds is 8. The van der Waals surface area contributed by atoms with Crippen LogP contribution in [0.4, 0.5) is 10.2 Å². The van der Waals surface area contributed by atoms with Gasteiger partial charge in [0.2, 0.25) is 11.8 Å². The van der Waals surface area contributed by atoms with Crippen LogP contribution in [0, 0.1) is 17.2 Å². The zero-order chi connectivity index (χ0) is 26.9. The fourth-order valence-corrected chi connectivity index (χ4v) is 5.34. The summed E-state index contributed by atoms with van der Waals surface area (Å²) < 4.78 is 21.0. The zero-order valence-corrected chi connectivity index (χ0v) is 21.5. The normalized spacial score (nSPS) is 21.3. The van der Waals surface area contributed by atoms with E-state index in [2.05, 4.69) is 22.2 Å². The minimum Gasteiger partial charge on any atom is -0.486 e. The standard InChI is InChI=1S/C28H32FN5O4/c1-30-27(36)28(16-21(28)26(35)32-37)15-18-7-8-24(22(29)13-18)38-17-19-14-25(34-11-9-33(2)10-12-34)31-23-6-4-3-5-20(19)23/h3-8,13-14,21,37H,9-12,15-17H2,1-2H3,(H,30,36)(H,32,35)/t21-,28+/m1/s1. The fraction of sp³-hybridized carbons (Fsp3) is 0.393. The number of anilines is 1. The van der Waals surface area contributed by atoms with E-state index in [0.717, 1.165) is 48.5 Å². The number of nitrogens with zero attached hydrogens (tertiary/aromatic N) is 3. The number of halogens is 1. The van der Waals surface area contributed by atoms with Crippen LogP contribution in [0.1, 0.15) is 17.5 Å². The molecule has 38 heavy (non-hydrogen) atoms. The zero-order valence-electron chi connectivity index (χ0n) is 21.5. The van der Waals surface area contributed by atoms with Gasteiger partial charge in [0.1, 0.15) is 12.4 Å². The van der Waals surface area contributed by atoms with E-state index in [1.807, 2.05) is 30.3 Å². The summed E-state index contributed by atoms with van der Waals surface area (Å²) in [6, 6.07) is 14.5. The molecule has 2 fully saturated rings. The van der Waals surface area contributed by atoms with Gasteiger partial charge in [-0.1, -0.05) is 24.3 Å². The Morgan fingerprint density at radius 3 is 2.63 bits per heavy atom. The molecule has 1 aliphatic heterocycles. The van der Waals surface area contributed by atoms with Crippen molar-refractivity contribution in [3.8, 4) is 5.75 Å². The second-order valence-electron chi connectivity index (χ2n) is 10.1. The average Bonchev–Trinajstić information content (AvgIpc) is 3.66. The molecule has 1 aliphatic carbocycles. The van der Waals surface area contributed by atoms with Gasteiger partial charge in [-0.15, -0.1) is 0 Å². The van der Waals surface area contributed by atoms with E-state index in [9.17, 15) is 9.59 Å². The van der Waals surface area contributed by atoms with Gasteiger partial charge in [-0.2, -0.15) is 0 Å². The van der Waals surface area contributed by atoms with Crippen molar-refractivity contribution in [2.75, 3.05) is 45.2 Å². The number of carbonyl (C=O) groups excluding carboxylic acids is 2. The molecule has 9 nitrogen and oxygen atoms in total. The highest BCUT2D eigenvalue weighted by Gasteiger charge is 2.63. The topological polar surface area (TPSA) is 107 Å². The summed E-state index contributed by atoms with van der Waals surface area (Å²) >= 11 is 0. The van der Waals surface area contributed by atoms with Crippen molar-refractivity contribution in [1.82, 2.24) is 20.7 Å². The first-order chi connectivity index (χ1) is 18.3. The number of aromatic nitrogens is 1. The number of para-hydroxylation sites is 1. The van der Waals surface area contributed by atoms with Gasteiger partial charge in [0, 0.05) is 44.2 Å². The Balaban J connectivity index is 1.33. The minimum atomic E-state index is -1.01. The van der Waals surface area contributed by atoms with Gasteiger partial charge in [0.15, 0.2) is 11.6 Å². The van der Waals surface area contributed by atoms with Crippen molar-refractivity contribution in [2.24, 2.45) is 11.3 Å². The Bertz CT molecular complexity index is 1360. The lowest BCUT2D eigenvalue weighted by Crippen LogP contribution is -2.44. The molecule has 200 valence electrons.